The Kier molecular flexibility index (Phi) is 8.11. The first kappa shape index (κ1) is 24.4. The fourth-order valence-corrected chi connectivity index (χ4v) is 4.35. The standard InChI is InChI=1S/C30H30N2O2S/c1-21(2)34-27-15-11-24(12-16-27)19-28(25-7-5-4-6-8-25)30(33)31-18-17-23-9-13-26(14-10-23)29-20-35-22(3)32-29/h4-16,19-21H,17-18H2,1-3H3,(H,31,33)/b28-19+. The molecule has 0 aliphatic heterocycles. The minimum absolute atomic E-state index is 0.0896. The summed E-state index contributed by atoms with van der Waals surface area (Å²) in [6.45, 7) is 6.57. The van der Waals surface area contributed by atoms with Crippen LogP contribution in [0, 0.1) is 6.92 Å². The van der Waals surface area contributed by atoms with Crippen molar-refractivity contribution < 1.29 is 9.53 Å². The van der Waals surface area contributed by atoms with E-state index >= 15 is 0 Å². The van der Waals surface area contributed by atoms with Crippen LogP contribution in [0.5, 0.6) is 5.75 Å². The number of aromatic nitrogens is 1. The van der Waals surface area contributed by atoms with E-state index in [1.54, 1.807) is 11.3 Å². The number of carbonyl (C=O) groups is 1. The van der Waals surface area contributed by atoms with E-state index in [-0.39, 0.29) is 12.0 Å². The molecule has 0 atom stereocenters. The van der Waals surface area contributed by atoms with Crippen molar-refractivity contribution in [1.82, 2.24) is 10.3 Å². The molecular formula is C30H30N2O2S. The summed E-state index contributed by atoms with van der Waals surface area (Å²) < 4.78 is 5.73. The number of hydrogen-bond acceptors (Lipinski definition) is 4. The molecule has 5 heteroatoms. The molecule has 0 saturated heterocycles. The highest BCUT2D eigenvalue weighted by atomic mass is 32.1. The predicted octanol–water partition coefficient (Wildman–Crippen LogP) is 6.81. The first-order valence-corrected chi connectivity index (χ1v) is 12.7. The number of carbonyl (C=O) groups excluding carboxylic acids is 1. The minimum Gasteiger partial charge on any atom is -0.491 e. The fourth-order valence-electron chi connectivity index (χ4n) is 3.73. The van der Waals surface area contributed by atoms with E-state index in [0.717, 1.165) is 39.6 Å². The summed E-state index contributed by atoms with van der Waals surface area (Å²) in [7, 11) is 0. The summed E-state index contributed by atoms with van der Waals surface area (Å²) in [6.07, 6.45) is 2.80. The molecular weight excluding hydrogens is 452 g/mol. The molecule has 3 aromatic carbocycles. The summed E-state index contributed by atoms with van der Waals surface area (Å²) in [4.78, 5) is 17.7. The van der Waals surface area contributed by atoms with E-state index in [9.17, 15) is 4.79 Å². The van der Waals surface area contributed by atoms with Crippen molar-refractivity contribution in [3.8, 4) is 17.0 Å². The number of ether oxygens (including phenoxy) is 1. The molecule has 1 aromatic heterocycles. The summed E-state index contributed by atoms with van der Waals surface area (Å²) in [5.74, 6) is 0.729. The quantitative estimate of drug-likeness (QED) is 0.211. The zero-order valence-corrected chi connectivity index (χ0v) is 21.1. The first-order chi connectivity index (χ1) is 17.0. The monoisotopic (exact) mass is 482 g/mol. The maximum absolute atomic E-state index is 13.2. The second-order valence-electron chi connectivity index (χ2n) is 8.61. The number of aryl methyl sites for hydroxylation is 1. The Morgan fingerprint density at radius 2 is 1.71 bits per heavy atom. The molecule has 4 aromatic rings. The lowest BCUT2D eigenvalue weighted by Crippen LogP contribution is -2.26. The lowest BCUT2D eigenvalue weighted by atomic mass is 10.0. The molecule has 0 bridgehead atoms. The highest BCUT2D eigenvalue weighted by Gasteiger charge is 2.12. The second kappa shape index (κ2) is 11.6. The second-order valence-corrected chi connectivity index (χ2v) is 9.68. The highest BCUT2D eigenvalue weighted by molar-refractivity contribution is 7.09. The molecule has 0 saturated carbocycles. The summed E-state index contributed by atoms with van der Waals surface area (Å²) >= 11 is 1.65. The van der Waals surface area contributed by atoms with Crippen molar-refractivity contribution in [2.45, 2.75) is 33.3 Å². The number of nitrogens with one attached hydrogen (secondary N) is 1. The van der Waals surface area contributed by atoms with Gasteiger partial charge in [-0.25, -0.2) is 4.98 Å². The van der Waals surface area contributed by atoms with Gasteiger partial charge in [0.1, 0.15) is 5.75 Å². The topological polar surface area (TPSA) is 51.2 Å². The molecule has 4 rings (SSSR count). The van der Waals surface area contributed by atoms with E-state index in [4.69, 9.17) is 4.74 Å². The molecule has 4 nitrogen and oxygen atoms in total. The molecule has 0 aliphatic carbocycles. The van der Waals surface area contributed by atoms with Gasteiger partial charge in [0.15, 0.2) is 0 Å². The van der Waals surface area contributed by atoms with Crippen molar-refractivity contribution in [2.75, 3.05) is 6.54 Å². The van der Waals surface area contributed by atoms with Gasteiger partial charge in [0.25, 0.3) is 5.91 Å². The molecule has 0 unspecified atom stereocenters. The van der Waals surface area contributed by atoms with Crippen LogP contribution >= 0.6 is 11.3 Å². The summed E-state index contributed by atoms with van der Waals surface area (Å²) in [5.41, 5.74) is 5.76. The van der Waals surface area contributed by atoms with Gasteiger partial charge in [-0.15, -0.1) is 11.3 Å². The number of rotatable bonds is 9. The van der Waals surface area contributed by atoms with Crippen LogP contribution in [-0.2, 0) is 11.2 Å². The fraction of sp³-hybridized carbons (Fsp3) is 0.200. The van der Waals surface area contributed by atoms with Crippen LogP contribution in [0.15, 0.2) is 84.2 Å². The highest BCUT2D eigenvalue weighted by Crippen LogP contribution is 2.23. The van der Waals surface area contributed by atoms with Gasteiger partial charge in [0, 0.05) is 23.1 Å². The molecule has 0 aliphatic rings. The van der Waals surface area contributed by atoms with Gasteiger partial charge in [0.2, 0.25) is 0 Å². The molecule has 178 valence electrons. The van der Waals surface area contributed by atoms with E-state index in [1.165, 1.54) is 5.56 Å². The Morgan fingerprint density at radius 3 is 2.34 bits per heavy atom. The van der Waals surface area contributed by atoms with Crippen molar-refractivity contribution in [3.63, 3.8) is 0 Å². The lowest BCUT2D eigenvalue weighted by molar-refractivity contribution is -0.115. The zero-order valence-electron chi connectivity index (χ0n) is 20.3. The normalized spacial score (nSPS) is 11.5. The van der Waals surface area contributed by atoms with Gasteiger partial charge in [-0.3, -0.25) is 4.79 Å². The van der Waals surface area contributed by atoms with E-state index in [2.05, 4.69) is 39.9 Å². The SMILES string of the molecule is Cc1nc(-c2ccc(CCNC(=O)/C(=C/c3ccc(OC(C)C)cc3)c3ccccc3)cc2)cs1. The third kappa shape index (κ3) is 6.90. The van der Waals surface area contributed by atoms with Gasteiger partial charge >= 0.3 is 0 Å². The molecule has 1 amide bonds. The van der Waals surface area contributed by atoms with Gasteiger partial charge in [-0.2, -0.15) is 0 Å². The zero-order chi connectivity index (χ0) is 24.6. The van der Waals surface area contributed by atoms with Gasteiger partial charge in [0.05, 0.1) is 16.8 Å². The lowest BCUT2D eigenvalue weighted by Gasteiger charge is -2.11. The molecule has 1 heterocycles. The number of nitrogens with zero attached hydrogens (tertiary/aromatic N) is 1. The molecule has 0 spiro atoms. The Balaban J connectivity index is 1.42. The average Bonchev–Trinajstić information content (AvgIpc) is 3.30. The molecule has 0 fully saturated rings. The molecule has 0 radical (unpaired) electrons. The van der Waals surface area contributed by atoms with Crippen molar-refractivity contribution in [3.05, 3.63) is 106 Å². The Hall–Kier alpha value is -3.70. The number of amides is 1. The number of thiazole rings is 1. The first-order valence-electron chi connectivity index (χ1n) is 11.8. The molecule has 35 heavy (non-hydrogen) atoms. The van der Waals surface area contributed by atoms with Crippen LogP contribution in [-0.4, -0.2) is 23.5 Å². The molecule has 1 N–H and O–H groups in total. The maximum Gasteiger partial charge on any atom is 0.251 e. The Bertz CT molecular complexity index is 1270. The average molecular weight is 483 g/mol. The third-order valence-electron chi connectivity index (χ3n) is 5.46. The Labute approximate surface area is 211 Å². The van der Waals surface area contributed by atoms with Crippen molar-refractivity contribution in [2.24, 2.45) is 0 Å². The van der Waals surface area contributed by atoms with Crippen LogP contribution in [0.3, 0.4) is 0 Å². The third-order valence-corrected chi connectivity index (χ3v) is 6.23. The van der Waals surface area contributed by atoms with Gasteiger partial charge in [-0.1, -0.05) is 66.7 Å². The van der Waals surface area contributed by atoms with Crippen LogP contribution in [0.25, 0.3) is 22.9 Å². The Morgan fingerprint density at radius 1 is 1.00 bits per heavy atom. The van der Waals surface area contributed by atoms with Crippen LogP contribution in [0.2, 0.25) is 0 Å². The maximum atomic E-state index is 13.2. The largest absolute Gasteiger partial charge is 0.491 e. The summed E-state index contributed by atoms with van der Waals surface area (Å²) in [6, 6.07) is 26.0. The number of benzene rings is 3. The smallest absolute Gasteiger partial charge is 0.251 e. The van der Waals surface area contributed by atoms with Crippen molar-refractivity contribution in [1.29, 1.82) is 0 Å². The predicted molar refractivity (Wildman–Crippen MR) is 146 cm³/mol. The van der Waals surface area contributed by atoms with Crippen LogP contribution in [0.4, 0.5) is 0 Å². The van der Waals surface area contributed by atoms with Crippen molar-refractivity contribution >= 4 is 28.9 Å². The van der Waals surface area contributed by atoms with E-state index in [1.807, 2.05) is 81.4 Å². The van der Waals surface area contributed by atoms with Gasteiger partial charge in [-0.05, 0) is 62.1 Å². The minimum atomic E-state index is -0.0896. The number of hydrogen-bond donors (Lipinski definition) is 1. The van der Waals surface area contributed by atoms with Gasteiger partial charge < -0.3 is 10.1 Å². The van der Waals surface area contributed by atoms with E-state index < -0.39 is 0 Å². The van der Waals surface area contributed by atoms with E-state index in [0.29, 0.717) is 12.1 Å². The van der Waals surface area contributed by atoms with Crippen LogP contribution < -0.4 is 10.1 Å². The summed E-state index contributed by atoms with van der Waals surface area (Å²) in [5, 5.41) is 6.23. The van der Waals surface area contributed by atoms with Crippen LogP contribution in [0.1, 0.15) is 35.5 Å².